The van der Waals surface area contributed by atoms with Gasteiger partial charge in [-0.25, -0.2) is 0 Å². The van der Waals surface area contributed by atoms with E-state index < -0.39 is 0 Å². The number of carbonyl (C=O) groups is 1. The van der Waals surface area contributed by atoms with Gasteiger partial charge in [0, 0.05) is 19.6 Å². The average molecular weight is 330 g/mol. The van der Waals surface area contributed by atoms with Crippen molar-refractivity contribution in [1.29, 1.82) is 0 Å². The maximum Gasteiger partial charge on any atom is 0.230 e. The molecule has 4 rings (SSSR count). The van der Waals surface area contributed by atoms with Crippen LogP contribution in [0.25, 0.3) is 0 Å². The first-order valence-corrected chi connectivity index (χ1v) is 9.79. The third-order valence-electron chi connectivity index (χ3n) is 6.42. The van der Waals surface area contributed by atoms with Gasteiger partial charge < -0.3 is 9.32 Å². The Morgan fingerprint density at radius 3 is 2.79 bits per heavy atom. The number of hydrogen-bond donors (Lipinski definition) is 0. The monoisotopic (exact) mass is 330 g/mol. The number of carbonyl (C=O) groups excluding carboxylic acids is 1. The van der Waals surface area contributed by atoms with Crippen molar-refractivity contribution in [2.45, 2.75) is 57.9 Å². The van der Waals surface area contributed by atoms with E-state index in [9.17, 15) is 4.79 Å². The maximum absolute atomic E-state index is 13.2. The summed E-state index contributed by atoms with van der Waals surface area (Å²) in [7, 11) is 0. The van der Waals surface area contributed by atoms with E-state index in [-0.39, 0.29) is 5.41 Å². The van der Waals surface area contributed by atoms with Crippen LogP contribution in [0.3, 0.4) is 0 Å². The van der Waals surface area contributed by atoms with Gasteiger partial charge in [-0.05, 0) is 56.7 Å². The second kappa shape index (κ2) is 6.91. The molecule has 0 N–H and O–H groups in total. The quantitative estimate of drug-likeness (QED) is 0.845. The molecular formula is C20H30N2O2. The number of furan rings is 1. The fourth-order valence-electron chi connectivity index (χ4n) is 5.10. The van der Waals surface area contributed by atoms with Crippen molar-refractivity contribution in [3.05, 3.63) is 24.2 Å². The van der Waals surface area contributed by atoms with E-state index in [0.717, 1.165) is 57.2 Å². The van der Waals surface area contributed by atoms with Gasteiger partial charge >= 0.3 is 0 Å². The zero-order valence-corrected chi connectivity index (χ0v) is 14.7. The van der Waals surface area contributed by atoms with Crippen molar-refractivity contribution in [3.63, 3.8) is 0 Å². The number of piperidine rings is 1. The molecule has 4 nitrogen and oxygen atoms in total. The van der Waals surface area contributed by atoms with Crippen molar-refractivity contribution >= 4 is 5.91 Å². The number of likely N-dealkylation sites (tertiary alicyclic amines) is 2. The van der Waals surface area contributed by atoms with Crippen LogP contribution in [0.1, 0.15) is 57.1 Å². The Balaban J connectivity index is 1.38. The number of hydrogen-bond acceptors (Lipinski definition) is 3. The van der Waals surface area contributed by atoms with Gasteiger partial charge in [0.1, 0.15) is 5.76 Å². The molecule has 1 aromatic rings. The third-order valence-corrected chi connectivity index (χ3v) is 6.42. The molecule has 1 atom stereocenters. The summed E-state index contributed by atoms with van der Waals surface area (Å²) in [5.41, 5.74) is -0.112. The molecule has 1 saturated carbocycles. The van der Waals surface area contributed by atoms with E-state index >= 15 is 0 Å². The number of amides is 1. The summed E-state index contributed by atoms with van der Waals surface area (Å²) in [6.45, 7) is 4.76. The van der Waals surface area contributed by atoms with Gasteiger partial charge in [0.15, 0.2) is 0 Å². The maximum atomic E-state index is 13.2. The molecule has 0 aromatic carbocycles. The van der Waals surface area contributed by atoms with Gasteiger partial charge in [0.25, 0.3) is 0 Å². The summed E-state index contributed by atoms with van der Waals surface area (Å²) < 4.78 is 5.48. The molecule has 0 bridgehead atoms. The lowest BCUT2D eigenvalue weighted by molar-refractivity contribution is -0.146. The molecule has 1 spiro atoms. The second-order valence-electron chi connectivity index (χ2n) is 8.18. The number of rotatable bonds is 4. The minimum absolute atomic E-state index is 0.112. The van der Waals surface area contributed by atoms with Crippen LogP contribution in [0.4, 0.5) is 0 Å². The van der Waals surface area contributed by atoms with E-state index in [1.807, 2.05) is 12.1 Å². The van der Waals surface area contributed by atoms with Gasteiger partial charge in [0.05, 0.1) is 18.2 Å². The molecule has 3 fully saturated rings. The van der Waals surface area contributed by atoms with Gasteiger partial charge in [-0.2, -0.15) is 0 Å². The Kier molecular flexibility index (Phi) is 4.66. The van der Waals surface area contributed by atoms with E-state index in [1.165, 1.54) is 38.5 Å². The normalized spacial score (nSPS) is 29.7. The van der Waals surface area contributed by atoms with E-state index in [2.05, 4.69) is 9.80 Å². The predicted octanol–water partition coefficient (Wildman–Crippen LogP) is 3.67. The van der Waals surface area contributed by atoms with Crippen molar-refractivity contribution in [3.8, 4) is 0 Å². The fourth-order valence-corrected chi connectivity index (χ4v) is 5.10. The zero-order chi connectivity index (χ0) is 16.4. The molecule has 2 saturated heterocycles. The lowest BCUT2D eigenvalue weighted by Gasteiger charge is -2.41. The molecule has 2 aliphatic heterocycles. The Morgan fingerprint density at radius 1 is 1.12 bits per heavy atom. The van der Waals surface area contributed by atoms with Crippen molar-refractivity contribution in [2.75, 3.05) is 26.2 Å². The summed E-state index contributed by atoms with van der Waals surface area (Å²) >= 11 is 0. The molecule has 24 heavy (non-hydrogen) atoms. The van der Waals surface area contributed by atoms with Crippen molar-refractivity contribution < 1.29 is 9.21 Å². The molecule has 4 heteroatoms. The highest BCUT2D eigenvalue weighted by Crippen LogP contribution is 2.41. The minimum Gasteiger partial charge on any atom is -0.468 e. The van der Waals surface area contributed by atoms with Crippen LogP contribution in [-0.2, 0) is 11.3 Å². The van der Waals surface area contributed by atoms with E-state index in [1.54, 1.807) is 6.26 Å². The summed E-state index contributed by atoms with van der Waals surface area (Å²) in [4.78, 5) is 17.9. The number of nitrogens with zero attached hydrogens (tertiary/aromatic N) is 2. The molecule has 1 aliphatic carbocycles. The summed E-state index contributed by atoms with van der Waals surface area (Å²) in [5, 5.41) is 0. The summed E-state index contributed by atoms with van der Waals surface area (Å²) in [6.07, 6.45) is 11.7. The average Bonchev–Trinajstić information content (AvgIpc) is 3.24. The van der Waals surface area contributed by atoms with Crippen LogP contribution in [0.2, 0.25) is 0 Å². The molecular weight excluding hydrogens is 300 g/mol. The molecule has 3 heterocycles. The SMILES string of the molecule is O=C1N(CC2CCCCC2)CCC[C@]12CCN(Cc1ccco1)C2. The van der Waals surface area contributed by atoms with Crippen LogP contribution < -0.4 is 0 Å². The molecule has 132 valence electrons. The third kappa shape index (κ3) is 3.26. The largest absolute Gasteiger partial charge is 0.468 e. The Morgan fingerprint density at radius 2 is 2.00 bits per heavy atom. The molecule has 3 aliphatic rings. The van der Waals surface area contributed by atoms with Crippen molar-refractivity contribution in [2.24, 2.45) is 11.3 Å². The highest BCUT2D eigenvalue weighted by molar-refractivity contribution is 5.84. The van der Waals surface area contributed by atoms with Gasteiger partial charge in [0.2, 0.25) is 5.91 Å². The highest BCUT2D eigenvalue weighted by atomic mass is 16.3. The van der Waals surface area contributed by atoms with Gasteiger partial charge in [-0.1, -0.05) is 19.3 Å². The lowest BCUT2D eigenvalue weighted by Crippen LogP contribution is -2.51. The van der Waals surface area contributed by atoms with Crippen LogP contribution in [0.15, 0.2) is 22.8 Å². The van der Waals surface area contributed by atoms with Crippen LogP contribution in [0, 0.1) is 11.3 Å². The van der Waals surface area contributed by atoms with Crippen LogP contribution >= 0.6 is 0 Å². The molecule has 1 aromatic heterocycles. The standard InChI is InChI=1S/C20H30N2O2/c23-19-20(10-12-21(16-20)15-18-8-4-13-24-18)9-5-11-22(19)14-17-6-2-1-3-7-17/h4,8,13,17H,1-3,5-7,9-12,14-16H2/t20-/m1/s1. The van der Waals surface area contributed by atoms with Crippen LogP contribution in [0.5, 0.6) is 0 Å². The van der Waals surface area contributed by atoms with Crippen LogP contribution in [-0.4, -0.2) is 41.9 Å². The first-order valence-electron chi connectivity index (χ1n) is 9.79. The highest BCUT2D eigenvalue weighted by Gasteiger charge is 2.48. The summed E-state index contributed by atoms with van der Waals surface area (Å²) in [5.74, 6) is 2.20. The molecule has 0 unspecified atom stereocenters. The van der Waals surface area contributed by atoms with Gasteiger partial charge in [-0.15, -0.1) is 0 Å². The van der Waals surface area contributed by atoms with Gasteiger partial charge in [-0.3, -0.25) is 9.69 Å². The van der Waals surface area contributed by atoms with Crippen molar-refractivity contribution in [1.82, 2.24) is 9.80 Å². The zero-order valence-electron chi connectivity index (χ0n) is 14.7. The second-order valence-corrected chi connectivity index (χ2v) is 8.18. The smallest absolute Gasteiger partial charge is 0.230 e. The predicted molar refractivity (Wildman–Crippen MR) is 93.4 cm³/mol. The fraction of sp³-hybridized carbons (Fsp3) is 0.750. The minimum atomic E-state index is -0.112. The van der Waals surface area contributed by atoms with E-state index in [4.69, 9.17) is 4.42 Å². The Hall–Kier alpha value is -1.29. The Bertz CT molecular complexity index is 550. The molecule has 0 radical (unpaired) electrons. The molecule has 1 amide bonds. The first-order chi connectivity index (χ1) is 11.8. The summed E-state index contributed by atoms with van der Waals surface area (Å²) in [6, 6.07) is 3.97. The topological polar surface area (TPSA) is 36.7 Å². The lowest BCUT2D eigenvalue weighted by atomic mass is 9.77. The first kappa shape index (κ1) is 16.2. The Labute approximate surface area is 145 Å². The van der Waals surface area contributed by atoms with E-state index in [0.29, 0.717) is 5.91 Å².